The van der Waals surface area contributed by atoms with Crippen LogP contribution in [0.15, 0.2) is 6.07 Å². The molecule has 2 aliphatic heterocycles. The second-order valence-corrected chi connectivity index (χ2v) is 5.51. The van der Waals surface area contributed by atoms with Gasteiger partial charge in [0.2, 0.25) is 5.91 Å². The molecule has 3 heterocycles. The molecule has 0 unspecified atom stereocenters. The second kappa shape index (κ2) is 6.24. The summed E-state index contributed by atoms with van der Waals surface area (Å²) in [4.78, 5) is 14.0. The van der Waals surface area contributed by atoms with Crippen LogP contribution in [0, 0.1) is 11.3 Å². The highest BCUT2D eigenvalue weighted by molar-refractivity contribution is 5.78. The number of ether oxygens (including phenoxy) is 1. The molecule has 1 amide bonds. The van der Waals surface area contributed by atoms with Crippen LogP contribution in [0.5, 0.6) is 0 Å². The van der Waals surface area contributed by atoms with Crippen molar-refractivity contribution in [2.75, 3.05) is 26.2 Å². The molecule has 7 nitrogen and oxygen atoms in total. The number of hydrogen-bond donors (Lipinski definition) is 1. The van der Waals surface area contributed by atoms with Gasteiger partial charge in [0.05, 0.1) is 24.9 Å². The van der Waals surface area contributed by atoms with Crippen LogP contribution in [0.25, 0.3) is 0 Å². The molecule has 0 aromatic carbocycles. The molecule has 0 aliphatic carbocycles. The number of nitrogens with one attached hydrogen (secondary N) is 1. The van der Waals surface area contributed by atoms with E-state index in [1.165, 1.54) is 0 Å². The summed E-state index contributed by atoms with van der Waals surface area (Å²) in [5.41, 5.74) is 1.43. The molecule has 3 rings (SSSR count). The average molecular weight is 289 g/mol. The highest BCUT2D eigenvalue weighted by atomic mass is 16.5. The van der Waals surface area contributed by atoms with Gasteiger partial charge in [-0.25, -0.2) is 0 Å². The van der Waals surface area contributed by atoms with Gasteiger partial charge in [-0.1, -0.05) is 0 Å². The van der Waals surface area contributed by atoms with Gasteiger partial charge >= 0.3 is 0 Å². The molecule has 0 spiro atoms. The van der Waals surface area contributed by atoms with Crippen LogP contribution in [0.2, 0.25) is 0 Å². The number of nitrogens with zero attached hydrogens (tertiary/aromatic N) is 4. The number of amides is 1. The van der Waals surface area contributed by atoms with Crippen molar-refractivity contribution in [3.63, 3.8) is 0 Å². The van der Waals surface area contributed by atoms with E-state index in [0.29, 0.717) is 25.3 Å². The molecule has 0 bridgehead atoms. The van der Waals surface area contributed by atoms with E-state index in [-0.39, 0.29) is 12.0 Å². The fraction of sp³-hybridized carbons (Fsp3) is 0.643. The van der Waals surface area contributed by atoms with Crippen LogP contribution in [0.1, 0.15) is 24.2 Å². The van der Waals surface area contributed by atoms with E-state index in [2.05, 4.69) is 15.3 Å². The Balaban J connectivity index is 1.47. The summed E-state index contributed by atoms with van der Waals surface area (Å²) in [5.74, 6) is 0.0268. The Hall–Kier alpha value is -1.91. The Kier molecular flexibility index (Phi) is 4.18. The predicted octanol–water partition coefficient (Wildman–Crippen LogP) is -0.134. The zero-order chi connectivity index (χ0) is 14.7. The zero-order valence-electron chi connectivity index (χ0n) is 11.9. The Morgan fingerprint density at radius 1 is 1.57 bits per heavy atom. The minimum Gasteiger partial charge on any atom is -0.376 e. The minimum atomic E-state index is 0.0268. The highest BCUT2D eigenvalue weighted by Crippen LogP contribution is 2.13. The summed E-state index contributed by atoms with van der Waals surface area (Å²) >= 11 is 0. The summed E-state index contributed by atoms with van der Waals surface area (Å²) in [6.07, 6.45) is 2.28. The van der Waals surface area contributed by atoms with E-state index in [0.717, 1.165) is 38.2 Å². The molecule has 1 saturated heterocycles. The van der Waals surface area contributed by atoms with Gasteiger partial charge < -0.3 is 10.1 Å². The maximum absolute atomic E-state index is 12.0. The SMILES string of the molecule is N#Cc1cc2n(n1)CCN(CC(=O)NC[C@H]1CCCO1)C2. The van der Waals surface area contributed by atoms with Gasteiger partial charge in [0.1, 0.15) is 6.07 Å². The van der Waals surface area contributed by atoms with Gasteiger partial charge in [0, 0.05) is 26.2 Å². The first kappa shape index (κ1) is 14.0. The first-order valence-electron chi connectivity index (χ1n) is 7.32. The van der Waals surface area contributed by atoms with Crippen molar-refractivity contribution in [2.24, 2.45) is 0 Å². The number of carbonyl (C=O) groups is 1. The van der Waals surface area contributed by atoms with Crippen LogP contribution in [0.3, 0.4) is 0 Å². The third-order valence-corrected chi connectivity index (χ3v) is 3.91. The molecule has 1 aromatic rings. The van der Waals surface area contributed by atoms with Crippen molar-refractivity contribution >= 4 is 5.91 Å². The van der Waals surface area contributed by atoms with E-state index in [9.17, 15) is 4.79 Å². The van der Waals surface area contributed by atoms with Gasteiger partial charge in [0.25, 0.3) is 0 Å². The van der Waals surface area contributed by atoms with Crippen molar-refractivity contribution in [1.82, 2.24) is 20.0 Å². The third kappa shape index (κ3) is 3.40. The lowest BCUT2D eigenvalue weighted by Gasteiger charge is -2.26. The standard InChI is InChI=1S/C14H19N5O2/c15-7-11-6-12-9-18(3-4-19(12)17-11)10-14(20)16-8-13-2-1-5-21-13/h6,13H,1-5,8-10H2,(H,16,20)/t13-/m1/s1. The molecule has 1 atom stereocenters. The second-order valence-electron chi connectivity index (χ2n) is 5.51. The summed E-state index contributed by atoms with van der Waals surface area (Å²) in [6.45, 7) is 3.92. The summed E-state index contributed by atoms with van der Waals surface area (Å²) in [6, 6.07) is 3.84. The van der Waals surface area contributed by atoms with Crippen molar-refractivity contribution < 1.29 is 9.53 Å². The summed E-state index contributed by atoms with van der Waals surface area (Å²) < 4.78 is 7.33. The zero-order valence-corrected chi connectivity index (χ0v) is 11.9. The molecule has 1 fully saturated rings. The third-order valence-electron chi connectivity index (χ3n) is 3.91. The number of fused-ring (bicyclic) bond motifs is 1. The lowest BCUT2D eigenvalue weighted by molar-refractivity contribution is -0.123. The highest BCUT2D eigenvalue weighted by Gasteiger charge is 2.21. The van der Waals surface area contributed by atoms with Gasteiger partial charge in [0.15, 0.2) is 5.69 Å². The summed E-state index contributed by atoms with van der Waals surface area (Å²) in [5, 5.41) is 16.0. The lowest BCUT2D eigenvalue weighted by Crippen LogP contribution is -2.43. The topological polar surface area (TPSA) is 83.2 Å². The van der Waals surface area contributed by atoms with E-state index in [1.807, 2.05) is 10.8 Å². The molecule has 1 N–H and O–H groups in total. The molecular formula is C14H19N5O2. The first-order chi connectivity index (χ1) is 10.2. The van der Waals surface area contributed by atoms with Crippen LogP contribution >= 0.6 is 0 Å². The molecule has 112 valence electrons. The van der Waals surface area contributed by atoms with Gasteiger partial charge in [-0.3, -0.25) is 14.4 Å². The molecule has 21 heavy (non-hydrogen) atoms. The minimum absolute atomic E-state index is 0.0268. The average Bonchev–Trinajstić information content (AvgIpc) is 3.13. The number of hydrogen-bond acceptors (Lipinski definition) is 5. The number of nitriles is 1. The van der Waals surface area contributed by atoms with Crippen molar-refractivity contribution in [3.8, 4) is 6.07 Å². The first-order valence-corrected chi connectivity index (χ1v) is 7.32. The monoisotopic (exact) mass is 289 g/mol. The quantitative estimate of drug-likeness (QED) is 0.834. The fourth-order valence-corrected chi connectivity index (χ4v) is 2.80. The Labute approximate surface area is 123 Å². The number of rotatable bonds is 4. The van der Waals surface area contributed by atoms with E-state index < -0.39 is 0 Å². The molecule has 0 saturated carbocycles. The van der Waals surface area contributed by atoms with Crippen LogP contribution in [-0.2, 0) is 22.6 Å². The van der Waals surface area contributed by atoms with Gasteiger partial charge in [-0.2, -0.15) is 10.4 Å². The van der Waals surface area contributed by atoms with E-state index >= 15 is 0 Å². The maximum Gasteiger partial charge on any atom is 0.234 e. The Morgan fingerprint density at radius 3 is 3.24 bits per heavy atom. The molecule has 2 aliphatic rings. The summed E-state index contributed by atoms with van der Waals surface area (Å²) in [7, 11) is 0. The normalized spacial score (nSPS) is 21.8. The van der Waals surface area contributed by atoms with E-state index in [1.54, 1.807) is 6.07 Å². The molecule has 7 heteroatoms. The van der Waals surface area contributed by atoms with Gasteiger partial charge in [-0.05, 0) is 18.9 Å². The molecule has 0 radical (unpaired) electrons. The maximum atomic E-state index is 12.0. The van der Waals surface area contributed by atoms with Crippen LogP contribution < -0.4 is 5.32 Å². The Bertz CT molecular complexity index is 556. The lowest BCUT2D eigenvalue weighted by atomic mass is 10.2. The van der Waals surface area contributed by atoms with Crippen molar-refractivity contribution in [1.29, 1.82) is 5.26 Å². The largest absolute Gasteiger partial charge is 0.376 e. The van der Waals surface area contributed by atoms with Crippen LogP contribution in [0.4, 0.5) is 0 Å². The van der Waals surface area contributed by atoms with E-state index in [4.69, 9.17) is 10.00 Å². The Morgan fingerprint density at radius 2 is 2.48 bits per heavy atom. The fourth-order valence-electron chi connectivity index (χ4n) is 2.80. The number of carbonyl (C=O) groups excluding carboxylic acids is 1. The smallest absolute Gasteiger partial charge is 0.234 e. The number of aromatic nitrogens is 2. The van der Waals surface area contributed by atoms with Crippen molar-refractivity contribution in [3.05, 3.63) is 17.5 Å². The predicted molar refractivity (Wildman–Crippen MR) is 74.2 cm³/mol. The molecule has 1 aromatic heterocycles. The van der Waals surface area contributed by atoms with Crippen molar-refractivity contribution in [2.45, 2.75) is 32.0 Å². The van der Waals surface area contributed by atoms with Crippen LogP contribution in [-0.4, -0.2) is 52.9 Å². The van der Waals surface area contributed by atoms with Gasteiger partial charge in [-0.15, -0.1) is 0 Å². The molecular weight excluding hydrogens is 270 g/mol.